The van der Waals surface area contributed by atoms with Crippen molar-refractivity contribution in [1.29, 1.82) is 5.26 Å². The molecule has 1 saturated heterocycles. The Labute approximate surface area is 116 Å². The molecule has 2 unspecified atom stereocenters. The largest absolute Gasteiger partial charge is 0.339 e. The monoisotopic (exact) mass is 263 g/mol. The summed E-state index contributed by atoms with van der Waals surface area (Å²) in [7, 11) is 4.16. The minimum atomic E-state index is -0.709. The summed E-state index contributed by atoms with van der Waals surface area (Å²) in [6, 6.07) is 2.76. The lowest BCUT2D eigenvalue weighted by atomic mass is 9.86. The third-order valence-corrected chi connectivity index (χ3v) is 4.96. The highest BCUT2D eigenvalue weighted by atomic mass is 16.2. The van der Waals surface area contributed by atoms with Crippen LogP contribution >= 0.6 is 0 Å². The van der Waals surface area contributed by atoms with Gasteiger partial charge >= 0.3 is 0 Å². The Kier molecular flexibility index (Phi) is 4.15. The van der Waals surface area contributed by atoms with Gasteiger partial charge in [0.05, 0.1) is 6.07 Å². The highest BCUT2D eigenvalue weighted by Crippen LogP contribution is 2.40. The van der Waals surface area contributed by atoms with Crippen molar-refractivity contribution in [3.8, 4) is 6.07 Å². The second kappa shape index (κ2) is 5.50. The first-order valence-corrected chi connectivity index (χ1v) is 7.41. The summed E-state index contributed by atoms with van der Waals surface area (Å²) in [6.07, 6.45) is 4.62. The summed E-state index contributed by atoms with van der Waals surface area (Å²) >= 11 is 0. The van der Waals surface area contributed by atoms with E-state index in [1.165, 1.54) is 0 Å². The molecule has 0 aromatic rings. The topological polar surface area (TPSA) is 47.3 Å². The number of likely N-dealkylation sites (N-methyl/N-ethyl adjacent to an activating group) is 1. The molecule has 0 bridgehead atoms. The first-order valence-electron chi connectivity index (χ1n) is 7.41. The normalized spacial score (nSPS) is 29.7. The van der Waals surface area contributed by atoms with Crippen LogP contribution in [0.2, 0.25) is 0 Å². The van der Waals surface area contributed by atoms with Crippen LogP contribution in [0.1, 0.15) is 39.0 Å². The van der Waals surface area contributed by atoms with Gasteiger partial charge in [0, 0.05) is 19.1 Å². The lowest BCUT2D eigenvalue weighted by molar-refractivity contribution is -0.138. The first kappa shape index (κ1) is 14.3. The van der Waals surface area contributed by atoms with Crippen molar-refractivity contribution in [1.82, 2.24) is 9.80 Å². The number of rotatable bonds is 3. The molecule has 19 heavy (non-hydrogen) atoms. The Morgan fingerprint density at radius 1 is 1.37 bits per heavy atom. The standard InChI is InChI=1S/C15H25N3O/c1-4-12-9-18(10-13(12)17(2)3)14(19)15(11-16)7-5-6-8-15/h12-13H,4-10H2,1-3H3. The average Bonchev–Trinajstić information content (AvgIpc) is 3.05. The van der Waals surface area contributed by atoms with Crippen LogP contribution in [0, 0.1) is 22.7 Å². The van der Waals surface area contributed by atoms with Gasteiger partial charge in [-0.3, -0.25) is 4.79 Å². The quantitative estimate of drug-likeness (QED) is 0.781. The van der Waals surface area contributed by atoms with Crippen LogP contribution in [0.15, 0.2) is 0 Å². The molecule has 4 nitrogen and oxygen atoms in total. The van der Waals surface area contributed by atoms with Gasteiger partial charge in [-0.25, -0.2) is 0 Å². The van der Waals surface area contributed by atoms with Gasteiger partial charge in [0.2, 0.25) is 5.91 Å². The van der Waals surface area contributed by atoms with Crippen molar-refractivity contribution in [3.63, 3.8) is 0 Å². The van der Waals surface area contributed by atoms with E-state index >= 15 is 0 Å². The number of nitriles is 1. The van der Waals surface area contributed by atoms with Gasteiger partial charge in [-0.15, -0.1) is 0 Å². The number of carbonyl (C=O) groups excluding carboxylic acids is 1. The van der Waals surface area contributed by atoms with Gasteiger partial charge in [0.1, 0.15) is 5.41 Å². The van der Waals surface area contributed by atoms with Crippen LogP contribution in [0.3, 0.4) is 0 Å². The van der Waals surface area contributed by atoms with E-state index in [4.69, 9.17) is 0 Å². The molecule has 0 radical (unpaired) electrons. The Bertz CT molecular complexity index is 379. The number of carbonyl (C=O) groups is 1. The van der Waals surface area contributed by atoms with Crippen LogP contribution < -0.4 is 0 Å². The zero-order valence-corrected chi connectivity index (χ0v) is 12.4. The predicted octanol–water partition coefficient (Wildman–Crippen LogP) is 1.87. The van der Waals surface area contributed by atoms with Crippen molar-refractivity contribution in [2.24, 2.45) is 11.3 Å². The summed E-state index contributed by atoms with van der Waals surface area (Å²) in [5.41, 5.74) is -0.709. The van der Waals surface area contributed by atoms with Crippen molar-refractivity contribution in [2.45, 2.75) is 45.1 Å². The van der Waals surface area contributed by atoms with E-state index in [9.17, 15) is 10.1 Å². The Morgan fingerprint density at radius 3 is 2.42 bits per heavy atom. The minimum absolute atomic E-state index is 0.0929. The van der Waals surface area contributed by atoms with Crippen LogP contribution in [-0.2, 0) is 4.79 Å². The minimum Gasteiger partial charge on any atom is -0.339 e. The van der Waals surface area contributed by atoms with E-state index in [0.29, 0.717) is 12.0 Å². The fourth-order valence-corrected chi connectivity index (χ4v) is 3.66. The number of hydrogen-bond donors (Lipinski definition) is 0. The fourth-order valence-electron chi connectivity index (χ4n) is 3.66. The molecule has 1 aliphatic carbocycles. The third-order valence-electron chi connectivity index (χ3n) is 4.96. The van der Waals surface area contributed by atoms with E-state index in [0.717, 1.165) is 45.2 Å². The van der Waals surface area contributed by atoms with Gasteiger partial charge in [0.15, 0.2) is 0 Å². The second-order valence-corrected chi connectivity index (χ2v) is 6.31. The highest BCUT2D eigenvalue weighted by molar-refractivity contribution is 5.86. The second-order valence-electron chi connectivity index (χ2n) is 6.31. The summed E-state index contributed by atoms with van der Waals surface area (Å²) < 4.78 is 0. The van der Waals surface area contributed by atoms with E-state index in [2.05, 4.69) is 32.0 Å². The zero-order valence-electron chi connectivity index (χ0n) is 12.4. The van der Waals surface area contributed by atoms with Gasteiger partial charge in [0.25, 0.3) is 0 Å². The molecule has 0 N–H and O–H groups in total. The summed E-state index contributed by atoms with van der Waals surface area (Å²) in [5.74, 6) is 0.631. The highest BCUT2D eigenvalue weighted by Gasteiger charge is 2.47. The predicted molar refractivity (Wildman–Crippen MR) is 74.4 cm³/mol. The van der Waals surface area contributed by atoms with Gasteiger partial charge in [-0.05, 0) is 32.9 Å². The van der Waals surface area contributed by atoms with E-state index in [1.54, 1.807) is 0 Å². The molecule has 1 aliphatic heterocycles. The third kappa shape index (κ3) is 2.49. The van der Waals surface area contributed by atoms with Crippen molar-refractivity contribution >= 4 is 5.91 Å². The zero-order chi connectivity index (χ0) is 14.0. The maximum absolute atomic E-state index is 12.7. The molecular formula is C15H25N3O. The van der Waals surface area contributed by atoms with Crippen LogP contribution in [-0.4, -0.2) is 48.9 Å². The first-order chi connectivity index (χ1) is 9.04. The van der Waals surface area contributed by atoms with Crippen LogP contribution in [0.5, 0.6) is 0 Å². The maximum atomic E-state index is 12.7. The summed E-state index contributed by atoms with van der Waals surface area (Å²) in [4.78, 5) is 16.9. The SMILES string of the molecule is CCC1CN(C(=O)C2(C#N)CCCC2)CC1N(C)C. The Balaban J connectivity index is 2.11. The van der Waals surface area contributed by atoms with E-state index in [-0.39, 0.29) is 5.91 Å². The smallest absolute Gasteiger partial charge is 0.243 e. The molecule has 0 aromatic carbocycles. The molecular weight excluding hydrogens is 238 g/mol. The molecule has 4 heteroatoms. The molecule has 106 valence electrons. The van der Waals surface area contributed by atoms with Crippen molar-refractivity contribution in [2.75, 3.05) is 27.2 Å². The number of amides is 1. The van der Waals surface area contributed by atoms with Crippen LogP contribution in [0.25, 0.3) is 0 Å². The lowest BCUT2D eigenvalue weighted by Crippen LogP contribution is -2.42. The maximum Gasteiger partial charge on any atom is 0.243 e. The van der Waals surface area contributed by atoms with Crippen molar-refractivity contribution in [3.05, 3.63) is 0 Å². The van der Waals surface area contributed by atoms with Gasteiger partial charge in [-0.1, -0.05) is 26.2 Å². The van der Waals surface area contributed by atoms with Gasteiger partial charge < -0.3 is 9.80 Å². The Hall–Kier alpha value is -1.08. The molecule has 2 atom stereocenters. The molecule has 2 fully saturated rings. The van der Waals surface area contributed by atoms with Crippen LogP contribution in [0.4, 0.5) is 0 Å². The van der Waals surface area contributed by atoms with E-state index < -0.39 is 5.41 Å². The molecule has 1 heterocycles. The molecule has 2 rings (SSSR count). The number of nitrogens with zero attached hydrogens (tertiary/aromatic N) is 3. The lowest BCUT2D eigenvalue weighted by Gasteiger charge is -2.27. The van der Waals surface area contributed by atoms with Gasteiger partial charge in [-0.2, -0.15) is 5.26 Å². The average molecular weight is 263 g/mol. The molecule has 0 aromatic heterocycles. The number of likely N-dealkylation sites (tertiary alicyclic amines) is 1. The van der Waals surface area contributed by atoms with E-state index in [1.807, 2.05) is 4.90 Å². The summed E-state index contributed by atoms with van der Waals surface area (Å²) in [6.45, 7) is 3.79. The molecule has 0 spiro atoms. The number of hydrogen-bond acceptors (Lipinski definition) is 3. The molecule has 1 amide bonds. The summed E-state index contributed by atoms with van der Waals surface area (Å²) in [5, 5.41) is 9.44. The Morgan fingerprint density at radius 2 is 2.00 bits per heavy atom. The molecule has 2 aliphatic rings. The molecule has 1 saturated carbocycles. The fraction of sp³-hybridized carbons (Fsp3) is 0.867. The van der Waals surface area contributed by atoms with Crippen molar-refractivity contribution < 1.29 is 4.79 Å².